The molecule has 4 rings (SSSR count). The molecular formula is C28H46O2. The van der Waals surface area contributed by atoms with E-state index in [4.69, 9.17) is 0 Å². The standard InChI is InChI=1S/C28H46O2/c1-17(2)18(3)7-8-19(4)22-9-10-23-21-16-26(30)25-15-20(29)11-13-28(25,6)24(21)12-14-27(22,23)5/h7-8,16-20,22-26,29-30H,9-15H2,1-6H3/t18?,19-,20?,22-,23+,24+,25?,26?,27-,28-/m1/s1. The van der Waals surface area contributed by atoms with Crippen LogP contribution in [0.15, 0.2) is 23.8 Å². The van der Waals surface area contributed by atoms with E-state index in [1.807, 2.05) is 0 Å². The van der Waals surface area contributed by atoms with Crippen LogP contribution in [-0.2, 0) is 0 Å². The highest BCUT2D eigenvalue weighted by Gasteiger charge is 2.59. The molecule has 2 heteroatoms. The van der Waals surface area contributed by atoms with Crippen molar-refractivity contribution in [2.75, 3.05) is 0 Å². The first-order valence-corrected chi connectivity index (χ1v) is 12.8. The molecule has 4 unspecified atom stereocenters. The van der Waals surface area contributed by atoms with Crippen LogP contribution in [0.3, 0.4) is 0 Å². The molecule has 4 aliphatic carbocycles. The van der Waals surface area contributed by atoms with Gasteiger partial charge in [0.1, 0.15) is 0 Å². The SMILES string of the molecule is CC(C)C(C)C=C[C@@H](C)[C@H]1CC[C@H]2C3=CC(O)C4CC(O)CC[C@]4(C)[C@H]3CC[C@]12C. The third kappa shape index (κ3) is 3.54. The van der Waals surface area contributed by atoms with Crippen molar-refractivity contribution in [3.63, 3.8) is 0 Å². The molecule has 0 saturated heterocycles. The molecule has 0 aromatic carbocycles. The summed E-state index contributed by atoms with van der Waals surface area (Å²) in [4.78, 5) is 0. The molecule has 0 bridgehead atoms. The number of allylic oxidation sites excluding steroid dienone is 3. The first-order valence-electron chi connectivity index (χ1n) is 12.8. The van der Waals surface area contributed by atoms with E-state index in [-0.39, 0.29) is 23.5 Å². The van der Waals surface area contributed by atoms with Gasteiger partial charge in [0, 0.05) is 0 Å². The fourth-order valence-corrected chi connectivity index (χ4v) is 8.17. The van der Waals surface area contributed by atoms with Crippen LogP contribution in [0.5, 0.6) is 0 Å². The van der Waals surface area contributed by atoms with Gasteiger partial charge in [0.2, 0.25) is 0 Å². The van der Waals surface area contributed by atoms with Crippen molar-refractivity contribution in [3.8, 4) is 0 Å². The van der Waals surface area contributed by atoms with Gasteiger partial charge in [0.15, 0.2) is 0 Å². The zero-order chi connectivity index (χ0) is 21.8. The predicted octanol–water partition coefficient (Wildman–Crippen LogP) is 6.38. The molecule has 2 nitrogen and oxygen atoms in total. The Bertz CT molecular complexity index is 693. The van der Waals surface area contributed by atoms with E-state index < -0.39 is 0 Å². The Hall–Kier alpha value is -0.600. The molecule has 3 fully saturated rings. The summed E-state index contributed by atoms with van der Waals surface area (Å²) in [6.45, 7) is 14.4. The van der Waals surface area contributed by atoms with E-state index in [0.29, 0.717) is 35.0 Å². The van der Waals surface area contributed by atoms with Crippen LogP contribution in [0.1, 0.15) is 86.5 Å². The number of aliphatic hydroxyl groups is 2. The second kappa shape index (κ2) is 8.07. The molecule has 10 atom stereocenters. The van der Waals surface area contributed by atoms with Gasteiger partial charge in [-0.15, -0.1) is 0 Å². The van der Waals surface area contributed by atoms with Crippen LogP contribution < -0.4 is 0 Å². The lowest BCUT2D eigenvalue weighted by Crippen LogP contribution is -2.53. The smallest absolute Gasteiger partial charge is 0.0758 e. The van der Waals surface area contributed by atoms with Gasteiger partial charge in [0.05, 0.1) is 12.2 Å². The third-order valence-electron chi connectivity index (χ3n) is 10.6. The molecular weight excluding hydrogens is 368 g/mol. The van der Waals surface area contributed by atoms with Crippen LogP contribution >= 0.6 is 0 Å². The third-order valence-corrected chi connectivity index (χ3v) is 10.6. The maximum atomic E-state index is 11.1. The van der Waals surface area contributed by atoms with Crippen molar-refractivity contribution < 1.29 is 10.2 Å². The van der Waals surface area contributed by atoms with E-state index in [1.54, 1.807) is 5.57 Å². The van der Waals surface area contributed by atoms with Crippen molar-refractivity contribution in [1.29, 1.82) is 0 Å². The Balaban J connectivity index is 1.58. The van der Waals surface area contributed by atoms with Gasteiger partial charge in [-0.05, 0) is 97.2 Å². The Morgan fingerprint density at radius 1 is 0.900 bits per heavy atom. The van der Waals surface area contributed by atoms with E-state index in [2.05, 4.69) is 59.8 Å². The normalized spacial score (nSPS) is 48.1. The Morgan fingerprint density at radius 3 is 2.27 bits per heavy atom. The quantitative estimate of drug-likeness (QED) is 0.524. The van der Waals surface area contributed by atoms with Crippen molar-refractivity contribution >= 4 is 0 Å². The second-order valence-corrected chi connectivity index (χ2v) is 12.4. The predicted molar refractivity (Wildman–Crippen MR) is 125 cm³/mol. The number of fused-ring (bicyclic) bond motifs is 5. The van der Waals surface area contributed by atoms with Gasteiger partial charge in [-0.3, -0.25) is 0 Å². The average molecular weight is 415 g/mol. The summed E-state index contributed by atoms with van der Waals surface area (Å²) in [6, 6.07) is 0. The molecule has 4 aliphatic rings. The highest BCUT2D eigenvalue weighted by Crippen LogP contribution is 2.66. The summed E-state index contributed by atoms with van der Waals surface area (Å²) in [5, 5.41) is 21.4. The Kier molecular flexibility index (Phi) is 6.08. The largest absolute Gasteiger partial charge is 0.393 e. The fraction of sp³-hybridized carbons (Fsp3) is 0.857. The number of rotatable bonds is 4. The van der Waals surface area contributed by atoms with Crippen molar-refractivity contribution in [1.82, 2.24) is 0 Å². The average Bonchev–Trinajstić information content (AvgIpc) is 3.04. The monoisotopic (exact) mass is 414 g/mol. The van der Waals surface area contributed by atoms with Crippen LogP contribution in [0.4, 0.5) is 0 Å². The fourth-order valence-electron chi connectivity index (χ4n) is 8.17. The first kappa shape index (κ1) is 22.6. The molecule has 0 aliphatic heterocycles. The maximum absolute atomic E-state index is 11.1. The summed E-state index contributed by atoms with van der Waals surface area (Å²) in [5.41, 5.74) is 2.13. The van der Waals surface area contributed by atoms with Gasteiger partial charge in [-0.25, -0.2) is 0 Å². The highest BCUT2D eigenvalue weighted by molar-refractivity contribution is 5.30. The maximum Gasteiger partial charge on any atom is 0.0758 e. The van der Waals surface area contributed by atoms with Crippen molar-refractivity contribution in [2.24, 2.45) is 52.3 Å². The molecule has 2 N–H and O–H groups in total. The van der Waals surface area contributed by atoms with E-state index >= 15 is 0 Å². The zero-order valence-corrected chi connectivity index (χ0v) is 20.3. The molecule has 0 aromatic rings. The Labute approximate surface area is 185 Å². The highest BCUT2D eigenvalue weighted by atomic mass is 16.3. The van der Waals surface area contributed by atoms with Crippen LogP contribution in [-0.4, -0.2) is 22.4 Å². The van der Waals surface area contributed by atoms with Gasteiger partial charge < -0.3 is 10.2 Å². The molecule has 0 radical (unpaired) electrons. The molecule has 170 valence electrons. The van der Waals surface area contributed by atoms with E-state index in [1.165, 1.54) is 25.7 Å². The number of aliphatic hydroxyl groups excluding tert-OH is 2. The van der Waals surface area contributed by atoms with Gasteiger partial charge in [-0.1, -0.05) is 65.3 Å². The minimum Gasteiger partial charge on any atom is -0.393 e. The Morgan fingerprint density at radius 2 is 1.57 bits per heavy atom. The van der Waals surface area contributed by atoms with E-state index in [0.717, 1.165) is 25.2 Å². The molecule has 0 heterocycles. The second-order valence-electron chi connectivity index (χ2n) is 12.4. The minimum absolute atomic E-state index is 0.167. The molecule has 0 spiro atoms. The van der Waals surface area contributed by atoms with Gasteiger partial charge >= 0.3 is 0 Å². The zero-order valence-electron chi connectivity index (χ0n) is 20.3. The van der Waals surface area contributed by atoms with Crippen LogP contribution in [0.25, 0.3) is 0 Å². The minimum atomic E-state index is -0.373. The van der Waals surface area contributed by atoms with Crippen molar-refractivity contribution in [2.45, 2.75) is 98.7 Å². The van der Waals surface area contributed by atoms with Crippen molar-refractivity contribution in [3.05, 3.63) is 23.8 Å². The van der Waals surface area contributed by atoms with E-state index in [9.17, 15) is 10.2 Å². The van der Waals surface area contributed by atoms with Crippen LogP contribution in [0, 0.1) is 52.3 Å². The van der Waals surface area contributed by atoms with Gasteiger partial charge in [0.25, 0.3) is 0 Å². The molecule has 0 aromatic heterocycles. The summed E-state index contributed by atoms with van der Waals surface area (Å²) in [5.74, 6) is 4.20. The first-order chi connectivity index (χ1) is 14.1. The molecule has 3 saturated carbocycles. The molecule has 30 heavy (non-hydrogen) atoms. The molecule has 0 amide bonds. The van der Waals surface area contributed by atoms with Gasteiger partial charge in [-0.2, -0.15) is 0 Å². The number of hydrogen-bond acceptors (Lipinski definition) is 2. The lowest BCUT2D eigenvalue weighted by Gasteiger charge is -2.58. The van der Waals surface area contributed by atoms with Crippen LogP contribution in [0.2, 0.25) is 0 Å². The summed E-state index contributed by atoms with van der Waals surface area (Å²) in [7, 11) is 0. The summed E-state index contributed by atoms with van der Waals surface area (Å²) in [6.07, 6.45) is 14.6. The number of hydrogen-bond donors (Lipinski definition) is 2. The lowest BCUT2D eigenvalue weighted by molar-refractivity contribution is -0.0829. The summed E-state index contributed by atoms with van der Waals surface area (Å²) >= 11 is 0. The lowest BCUT2D eigenvalue weighted by atomic mass is 9.47. The topological polar surface area (TPSA) is 40.5 Å². The summed E-state index contributed by atoms with van der Waals surface area (Å²) < 4.78 is 0.